The zero-order valence-corrected chi connectivity index (χ0v) is 11.9. The lowest BCUT2D eigenvalue weighted by atomic mass is 9.89. The number of carbonyl (C=O) groups is 3. The highest BCUT2D eigenvalue weighted by atomic mass is 16.5. The monoisotopic (exact) mass is 295 g/mol. The molecule has 3 N–H and O–H groups in total. The predicted octanol–water partition coefficient (Wildman–Crippen LogP) is 0.135. The Morgan fingerprint density at radius 1 is 1.24 bits per heavy atom. The molecule has 0 unspecified atom stereocenters. The summed E-state index contributed by atoms with van der Waals surface area (Å²) < 4.78 is 4.89. The number of rotatable bonds is 5. The first-order valence-electron chi connectivity index (χ1n) is 7.34. The Morgan fingerprint density at radius 2 is 2.00 bits per heavy atom. The van der Waals surface area contributed by atoms with Crippen LogP contribution in [0, 0.1) is 5.92 Å². The topological polar surface area (TPSA) is 96.5 Å². The summed E-state index contributed by atoms with van der Waals surface area (Å²) in [4.78, 5) is 34.2. The summed E-state index contributed by atoms with van der Waals surface area (Å²) in [5.41, 5.74) is 4.89. The van der Waals surface area contributed by atoms with Crippen molar-refractivity contribution in [1.29, 1.82) is 0 Å². The van der Waals surface area contributed by atoms with Gasteiger partial charge in [-0.2, -0.15) is 0 Å². The van der Waals surface area contributed by atoms with Gasteiger partial charge in [0.05, 0.1) is 0 Å². The smallest absolute Gasteiger partial charge is 0.356 e. The summed E-state index contributed by atoms with van der Waals surface area (Å²) >= 11 is 0. The van der Waals surface area contributed by atoms with Gasteiger partial charge >= 0.3 is 5.97 Å². The van der Waals surface area contributed by atoms with E-state index in [0.717, 1.165) is 12.8 Å². The van der Waals surface area contributed by atoms with Crippen LogP contribution in [0.3, 0.4) is 0 Å². The van der Waals surface area contributed by atoms with Crippen LogP contribution in [0.15, 0.2) is 11.8 Å². The van der Waals surface area contributed by atoms with E-state index in [-0.39, 0.29) is 30.5 Å². The highest BCUT2D eigenvalue weighted by Crippen LogP contribution is 2.22. The molecule has 7 nitrogen and oxygen atoms in total. The Kier molecular flexibility index (Phi) is 5.59. The third-order valence-electron chi connectivity index (χ3n) is 3.70. The molecule has 0 radical (unpaired) electrons. The van der Waals surface area contributed by atoms with E-state index in [9.17, 15) is 14.4 Å². The van der Waals surface area contributed by atoms with Gasteiger partial charge in [-0.15, -0.1) is 0 Å². The highest BCUT2D eigenvalue weighted by molar-refractivity contribution is 5.92. The molecular weight excluding hydrogens is 274 g/mol. The van der Waals surface area contributed by atoms with Crippen LogP contribution in [0.5, 0.6) is 0 Å². The Labute approximate surface area is 123 Å². The van der Waals surface area contributed by atoms with E-state index >= 15 is 0 Å². The van der Waals surface area contributed by atoms with Gasteiger partial charge in [0.2, 0.25) is 5.91 Å². The molecule has 7 heteroatoms. The van der Waals surface area contributed by atoms with Gasteiger partial charge in [-0.3, -0.25) is 20.4 Å². The van der Waals surface area contributed by atoms with Gasteiger partial charge in [-0.25, -0.2) is 4.79 Å². The molecule has 0 aromatic heterocycles. The fourth-order valence-corrected chi connectivity index (χ4v) is 2.48. The third kappa shape index (κ3) is 5.09. The van der Waals surface area contributed by atoms with Crippen molar-refractivity contribution in [1.82, 2.24) is 16.2 Å². The molecule has 116 valence electrons. The van der Waals surface area contributed by atoms with Crippen LogP contribution in [-0.2, 0) is 19.1 Å². The van der Waals surface area contributed by atoms with Gasteiger partial charge in [0.15, 0.2) is 6.61 Å². The molecule has 2 aliphatic rings. The number of hydrogen-bond donors (Lipinski definition) is 3. The summed E-state index contributed by atoms with van der Waals surface area (Å²) in [6.07, 6.45) is 7.57. The summed E-state index contributed by atoms with van der Waals surface area (Å²) in [5, 5.41) is 2.79. The number of hydrazine groups is 1. The SMILES string of the molecule is O=C(COC(=O)C1=CCC(=O)NN1)NCC1CCCCC1. The van der Waals surface area contributed by atoms with Gasteiger partial charge < -0.3 is 10.1 Å². The minimum atomic E-state index is -0.650. The maximum atomic E-state index is 11.6. The Balaban J connectivity index is 1.64. The second-order valence-corrected chi connectivity index (χ2v) is 5.38. The predicted molar refractivity (Wildman–Crippen MR) is 74.5 cm³/mol. The molecule has 1 saturated carbocycles. The Bertz CT molecular complexity index is 442. The van der Waals surface area contributed by atoms with Crippen molar-refractivity contribution in [3.8, 4) is 0 Å². The lowest BCUT2D eigenvalue weighted by Gasteiger charge is -2.21. The Hall–Kier alpha value is -2.05. The molecule has 0 saturated heterocycles. The molecule has 0 aromatic carbocycles. The largest absolute Gasteiger partial charge is 0.451 e. The highest BCUT2D eigenvalue weighted by Gasteiger charge is 2.18. The van der Waals surface area contributed by atoms with Crippen LogP contribution in [0.25, 0.3) is 0 Å². The summed E-state index contributed by atoms with van der Waals surface area (Å²) in [6.45, 7) is 0.339. The lowest BCUT2D eigenvalue weighted by molar-refractivity contribution is -0.145. The van der Waals surface area contributed by atoms with E-state index in [1.165, 1.54) is 25.3 Å². The average Bonchev–Trinajstić information content (AvgIpc) is 2.52. The van der Waals surface area contributed by atoms with Gasteiger partial charge in [-0.05, 0) is 24.8 Å². The minimum absolute atomic E-state index is 0.116. The van der Waals surface area contributed by atoms with E-state index in [1.807, 2.05) is 0 Å². The van der Waals surface area contributed by atoms with E-state index in [1.54, 1.807) is 0 Å². The van der Waals surface area contributed by atoms with Crippen molar-refractivity contribution in [2.75, 3.05) is 13.2 Å². The van der Waals surface area contributed by atoms with Gasteiger partial charge in [0.25, 0.3) is 5.91 Å². The number of hydrogen-bond acceptors (Lipinski definition) is 5. The van der Waals surface area contributed by atoms with Crippen molar-refractivity contribution < 1.29 is 19.1 Å². The quantitative estimate of drug-likeness (QED) is 0.627. The molecule has 0 bridgehead atoms. The molecule has 2 amide bonds. The molecule has 1 fully saturated rings. The van der Waals surface area contributed by atoms with Crippen molar-refractivity contribution in [2.45, 2.75) is 38.5 Å². The molecule has 0 atom stereocenters. The van der Waals surface area contributed by atoms with Crippen LogP contribution < -0.4 is 16.2 Å². The van der Waals surface area contributed by atoms with Crippen molar-refractivity contribution >= 4 is 17.8 Å². The molecule has 0 aromatic rings. The first-order chi connectivity index (χ1) is 10.1. The number of esters is 1. The van der Waals surface area contributed by atoms with Crippen LogP contribution >= 0.6 is 0 Å². The zero-order chi connectivity index (χ0) is 15.1. The molecule has 1 heterocycles. The van der Waals surface area contributed by atoms with Gasteiger partial charge in [0, 0.05) is 13.0 Å². The first kappa shape index (κ1) is 15.3. The zero-order valence-electron chi connectivity index (χ0n) is 11.9. The van der Waals surface area contributed by atoms with Gasteiger partial charge in [0.1, 0.15) is 5.70 Å². The van der Waals surface area contributed by atoms with Gasteiger partial charge in [-0.1, -0.05) is 19.3 Å². The number of nitrogens with one attached hydrogen (secondary N) is 3. The van der Waals surface area contributed by atoms with Crippen LogP contribution in [0.2, 0.25) is 0 Å². The third-order valence-corrected chi connectivity index (χ3v) is 3.70. The standard InChI is InChI=1S/C14H21N3O4/c18-12-7-6-11(16-17-12)14(20)21-9-13(19)15-8-10-4-2-1-3-5-10/h6,10,16H,1-5,7-9H2,(H,15,19)(H,17,18). The van der Waals surface area contributed by atoms with E-state index in [4.69, 9.17) is 4.74 Å². The maximum absolute atomic E-state index is 11.6. The van der Waals surface area contributed by atoms with Crippen molar-refractivity contribution in [2.24, 2.45) is 5.92 Å². The van der Waals surface area contributed by atoms with Crippen molar-refractivity contribution in [3.63, 3.8) is 0 Å². The molecule has 2 rings (SSSR count). The minimum Gasteiger partial charge on any atom is -0.451 e. The van der Waals surface area contributed by atoms with Crippen LogP contribution in [-0.4, -0.2) is 30.9 Å². The fourth-order valence-electron chi connectivity index (χ4n) is 2.48. The maximum Gasteiger partial charge on any atom is 0.356 e. The van der Waals surface area contributed by atoms with E-state index < -0.39 is 5.97 Å². The lowest BCUT2D eigenvalue weighted by Crippen LogP contribution is -2.43. The molecule has 21 heavy (non-hydrogen) atoms. The first-order valence-corrected chi connectivity index (χ1v) is 7.34. The molecule has 1 aliphatic heterocycles. The number of carbonyl (C=O) groups excluding carboxylic acids is 3. The normalized spacial score (nSPS) is 19.0. The summed E-state index contributed by atoms with van der Waals surface area (Å²) in [7, 11) is 0. The summed E-state index contributed by atoms with van der Waals surface area (Å²) in [6, 6.07) is 0. The second kappa shape index (κ2) is 7.66. The average molecular weight is 295 g/mol. The van der Waals surface area contributed by atoms with Crippen LogP contribution in [0.1, 0.15) is 38.5 Å². The van der Waals surface area contributed by atoms with Crippen LogP contribution in [0.4, 0.5) is 0 Å². The molecular formula is C14H21N3O4. The number of amides is 2. The molecule has 1 aliphatic carbocycles. The Morgan fingerprint density at radius 3 is 2.67 bits per heavy atom. The fraction of sp³-hybridized carbons (Fsp3) is 0.643. The van der Waals surface area contributed by atoms with Crippen molar-refractivity contribution in [3.05, 3.63) is 11.8 Å². The second-order valence-electron chi connectivity index (χ2n) is 5.38. The number of ether oxygens (including phenoxy) is 1. The molecule has 0 spiro atoms. The van der Waals surface area contributed by atoms with E-state index in [2.05, 4.69) is 16.2 Å². The summed E-state index contributed by atoms with van der Waals surface area (Å²) in [5.74, 6) is -0.634. The van der Waals surface area contributed by atoms with E-state index in [0.29, 0.717) is 12.5 Å².